The molecule has 40 heavy (non-hydrogen) atoms. The quantitative estimate of drug-likeness (QED) is 0.154. The molecule has 6 heteroatoms. The van der Waals surface area contributed by atoms with Gasteiger partial charge in [-0.3, -0.25) is 14.3 Å². The number of hydrogen-bond donors (Lipinski definition) is 0. The summed E-state index contributed by atoms with van der Waals surface area (Å²) in [6.07, 6.45) is 0.871. The Hall–Kier alpha value is -3.71. The van der Waals surface area contributed by atoms with Crippen molar-refractivity contribution in [2.75, 3.05) is 6.54 Å². The summed E-state index contributed by atoms with van der Waals surface area (Å²) in [5.74, 6) is 0.737. The number of thiophene rings is 1. The largest absolute Gasteiger partial charge is 0.294 e. The van der Waals surface area contributed by atoms with E-state index in [2.05, 4.69) is 96.8 Å². The van der Waals surface area contributed by atoms with Gasteiger partial charge in [0.05, 0.1) is 11.1 Å². The maximum absolute atomic E-state index is 14.3. The Morgan fingerprint density at radius 1 is 0.900 bits per heavy atom. The van der Waals surface area contributed by atoms with E-state index in [4.69, 9.17) is 4.98 Å². The second kappa shape index (κ2) is 10.7. The Morgan fingerprint density at radius 2 is 1.68 bits per heavy atom. The fourth-order valence-corrected chi connectivity index (χ4v) is 7.95. The molecule has 0 aliphatic carbocycles. The Kier molecular flexibility index (Phi) is 6.76. The van der Waals surface area contributed by atoms with Crippen molar-refractivity contribution in [1.29, 1.82) is 0 Å². The number of aromatic nitrogens is 2. The van der Waals surface area contributed by atoms with E-state index in [0.717, 1.165) is 52.9 Å². The lowest BCUT2D eigenvalue weighted by molar-refractivity contribution is 0.249. The monoisotopic (exact) mass is 559 g/mol. The summed E-state index contributed by atoms with van der Waals surface area (Å²) < 4.78 is 1.83. The van der Waals surface area contributed by atoms with Crippen LogP contribution < -0.4 is 5.56 Å². The summed E-state index contributed by atoms with van der Waals surface area (Å²) in [4.78, 5) is 24.0. The van der Waals surface area contributed by atoms with Crippen LogP contribution in [0.1, 0.15) is 27.1 Å². The first kappa shape index (κ1) is 25.3. The first-order chi connectivity index (χ1) is 19.6. The van der Waals surface area contributed by atoms with E-state index in [1.54, 1.807) is 23.1 Å². The van der Waals surface area contributed by atoms with Gasteiger partial charge in [-0.25, -0.2) is 4.98 Å². The van der Waals surface area contributed by atoms with Gasteiger partial charge in [0.2, 0.25) is 0 Å². The minimum Gasteiger partial charge on any atom is -0.294 e. The molecule has 0 amide bonds. The zero-order valence-electron chi connectivity index (χ0n) is 22.3. The van der Waals surface area contributed by atoms with Crippen molar-refractivity contribution in [2.24, 2.45) is 0 Å². The van der Waals surface area contributed by atoms with Gasteiger partial charge < -0.3 is 0 Å². The average Bonchev–Trinajstić information content (AvgIpc) is 3.35. The van der Waals surface area contributed by atoms with Gasteiger partial charge in [0, 0.05) is 30.3 Å². The van der Waals surface area contributed by atoms with Crippen LogP contribution in [0.5, 0.6) is 0 Å². The summed E-state index contributed by atoms with van der Waals surface area (Å²) >= 11 is 3.33. The van der Waals surface area contributed by atoms with E-state index in [1.807, 2.05) is 16.7 Å². The highest BCUT2D eigenvalue weighted by Gasteiger charge is 2.26. The molecule has 198 valence electrons. The molecular formula is C34H29N3OS2. The van der Waals surface area contributed by atoms with Gasteiger partial charge in [-0.05, 0) is 52.9 Å². The summed E-state index contributed by atoms with van der Waals surface area (Å²) in [6, 6.07) is 33.7. The van der Waals surface area contributed by atoms with E-state index < -0.39 is 0 Å². The first-order valence-corrected chi connectivity index (χ1v) is 15.4. The van der Waals surface area contributed by atoms with Crippen LogP contribution in [0.15, 0.2) is 107 Å². The zero-order chi connectivity index (χ0) is 27.1. The van der Waals surface area contributed by atoms with Gasteiger partial charge in [-0.2, -0.15) is 0 Å². The van der Waals surface area contributed by atoms with Gasteiger partial charge in [-0.15, -0.1) is 11.3 Å². The van der Waals surface area contributed by atoms with Crippen molar-refractivity contribution in [3.8, 4) is 5.69 Å². The third-order valence-corrected chi connectivity index (χ3v) is 9.80. The Morgan fingerprint density at radius 3 is 2.52 bits per heavy atom. The normalized spacial score (nSPS) is 13.6. The molecule has 0 unspecified atom stereocenters. The van der Waals surface area contributed by atoms with Crippen molar-refractivity contribution in [2.45, 2.75) is 37.3 Å². The topological polar surface area (TPSA) is 38.1 Å². The van der Waals surface area contributed by atoms with E-state index >= 15 is 0 Å². The van der Waals surface area contributed by atoms with Crippen molar-refractivity contribution >= 4 is 44.1 Å². The number of fused-ring (bicyclic) bond motifs is 4. The van der Waals surface area contributed by atoms with E-state index in [-0.39, 0.29) is 5.56 Å². The van der Waals surface area contributed by atoms with E-state index in [9.17, 15) is 4.79 Å². The third-order valence-electron chi connectivity index (χ3n) is 7.70. The van der Waals surface area contributed by atoms with Crippen molar-refractivity contribution < 1.29 is 0 Å². The Bertz CT molecular complexity index is 1890. The molecule has 6 aromatic rings. The van der Waals surface area contributed by atoms with Crippen molar-refractivity contribution in [3.05, 3.63) is 135 Å². The molecular weight excluding hydrogens is 531 g/mol. The molecule has 1 aliphatic heterocycles. The smallest absolute Gasteiger partial charge is 0.267 e. The predicted molar refractivity (Wildman–Crippen MR) is 168 cm³/mol. The first-order valence-electron chi connectivity index (χ1n) is 13.6. The maximum Gasteiger partial charge on any atom is 0.267 e. The minimum atomic E-state index is 0.0447. The molecule has 2 aromatic heterocycles. The molecule has 7 rings (SSSR count). The third kappa shape index (κ3) is 4.77. The van der Waals surface area contributed by atoms with Gasteiger partial charge in [0.1, 0.15) is 4.83 Å². The van der Waals surface area contributed by atoms with Gasteiger partial charge in [0.25, 0.3) is 5.56 Å². The van der Waals surface area contributed by atoms with Crippen molar-refractivity contribution in [1.82, 2.24) is 14.5 Å². The fourth-order valence-electron chi connectivity index (χ4n) is 5.63. The number of thioether (sulfide) groups is 1. The van der Waals surface area contributed by atoms with Gasteiger partial charge >= 0.3 is 0 Å². The number of nitrogens with zero attached hydrogens (tertiary/aromatic N) is 3. The summed E-state index contributed by atoms with van der Waals surface area (Å²) in [5, 5.41) is 4.02. The Balaban J connectivity index is 1.29. The number of benzene rings is 4. The minimum absolute atomic E-state index is 0.0447. The molecule has 4 aromatic carbocycles. The molecule has 1 aliphatic rings. The van der Waals surface area contributed by atoms with Crippen LogP contribution in [0.3, 0.4) is 0 Å². The lowest BCUT2D eigenvalue weighted by atomic mass is 10.0. The average molecular weight is 560 g/mol. The molecule has 4 nitrogen and oxygen atoms in total. The summed E-state index contributed by atoms with van der Waals surface area (Å²) in [7, 11) is 0. The second-order valence-corrected chi connectivity index (χ2v) is 12.5. The maximum atomic E-state index is 14.3. The standard InChI is InChI=1S/C34H29N3OS2/c1-23-14-16-27(17-15-23)37-33(38)31-29-18-19-36(20-24-8-3-2-4-9-24)21-30(29)40-32(31)35-34(37)39-22-26-12-7-11-25-10-5-6-13-28(25)26/h2-17H,18-22H2,1H3. The number of rotatable bonds is 6. The highest BCUT2D eigenvalue weighted by molar-refractivity contribution is 7.98. The molecule has 0 N–H and O–H groups in total. The predicted octanol–water partition coefficient (Wildman–Crippen LogP) is 7.76. The molecule has 0 bridgehead atoms. The van der Waals surface area contributed by atoms with Gasteiger partial charge in [-0.1, -0.05) is 102 Å². The lowest BCUT2D eigenvalue weighted by Gasteiger charge is -2.26. The highest BCUT2D eigenvalue weighted by Crippen LogP contribution is 2.35. The van der Waals surface area contributed by atoms with Crippen LogP contribution in [0.25, 0.3) is 26.7 Å². The van der Waals surface area contributed by atoms with Gasteiger partial charge in [0.15, 0.2) is 5.16 Å². The summed E-state index contributed by atoms with van der Waals surface area (Å²) in [6.45, 7) is 4.78. The zero-order valence-corrected chi connectivity index (χ0v) is 24.0. The molecule has 0 spiro atoms. The Labute approximate surface area is 241 Å². The molecule has 0 radical (unpaired) electrons. The number of hydrogen-bond acceptors (Lipinski definition) is 5. The second-order valence-electron chi connectivity index (χ2n) is 10.4. The highest BCUT2D eigenvalue weighted by atomic mass is 32.2. The summed E-state index contributed by atoms with van der Waals surface area (Å²) in [5.41, 5.74) is 5.83. The molecule has 0 saturated heterocycles. The van der Waals surface area contributed by atoms with Crippen LogP contribution in [0, 0.1) is 6.92 Å². The molecule has 0 atom stereocenters. The molecule has 0 fully saturated rings. The number of aryl methyl sites for hydroxylation is 1. The molecule has 0 saturated carbocycles. The fraction of sp³-hybridized carbons (Fsp3) is 0.176. The van der Waals surface area contributed by atoms with E-state index in [1.165, 1.54) is 37.9 Å². The van der Waals surface area contributed by atoms with Crippen LogP contribution in [0.2, 0.25) is 0 Å². The van der Waals surface area contributed by atoms with Crippen LogP contribution in [-0.4, -0.2) is 21.0 Å². The molecule has 3 heterocycles. The SMILES string of the molecule is Cc1ccc(-n2c(SCc3cccc4ccccc34)nc3sc4c(c3c2=O)CCN(Cc2ccccc2)C4)cc1. The van der Waals surface area contributed by atoms with Crippen LogP contribution in [-0.2, 0) is 25.3 Å². The van der Waals surface area contributed by atoms with Crippen LogP contribution in [0.4, 0.5) is 0 Å². The van der Waals surface area contributed by atoms with E-state index in [0.29, 0.717) is 0 Å². The van der Waals surface area contributed by atoms with Crippen LogP contribution >= 0.6 is 23.1 Å². The van der Waals surface area contributed by atoms with Crippen molar-refractivity contribution in [3.63, 3.8) is 0 Å². The lowest BCUT2D eigenvalue weighted by Crippen LogP contribution is -2.30.